The lowest BCUT2D eigenvalue weighted by atomic mass is 10.1. The van der Waals surface area contributed by atoms with Gasteiger partial charge < -0.3 is 5.32 Å². The van der Waals surface area contributed by atoms with Crippen molar-refractivity contribution in [3.8, 4) is 11.5 Å². The highest BCUT2D eigenvalue weighted by Crippen LogP contribution is 2.18. The molecule has 2 aromatic heterocycles. The van der Waals surface area contributed by atoms with Crippen LogP contribution >= 0.6 is 0 Å². The second kappa shape index (κ2) is 5.84. The predicted octanol–water partition coefficient (Wildman–Crippen LogP) is 2.17. The molecular formula is C14H12F2N6. The van der Waals surface area contributed by atoms with Crippen molar-refractivity contribution in [1.29, 1.82) is 0 Å². The summed E-state index contributed by atoms with van der Waals surface area (Å²) in [5.41, 5.74) is 0.458. The monoisotopic (exact) mass is 302 g/mol. The molecular weight excluding hydrogens is 290 g/mol. The summed E-state index contributed by atoms with van der Waals surface area (Å²) in [7, 11) is 1.73. The SMILES string of the molecule is CNc1cc(-c2n[nH]c(Cc3c(F)cccc3F)n2)ncn1. The Morgan fingerprint density at radius 2 is 1.95 bits per heavy atom. The molecule has 0 atom stereocenters. The van der Waals surface area contributed by atoms with Crippen LogP contribution in [0, 0.1) is 11.6 Å². The van der Waals surface area contributed by atoms with Crippen molar-refractivity contribution < 1.29 is 8.78 Å². The first-order valence-corrected chi connectivity index (χ1v) is 6.51. The van der Waals surface area contributed by atoms with Crippen LogP contribution in [-0.2, 0) is 6.42 Å². The molecule has 0 aliphatic rings. The maximum atomic E-state index is 13.6. The number of aromatic nitrogens is 5. The van der Waals surface area contributed by atoms with Crippen molar-refractivity contribution in [3.05, 3.63) is 53.6 Å². The lowest BCUT2D eigenvalue weighted by Gasteiger charge is -2.01. The molecule has 0 spiro atoms. The van der Waals surface area contributed by atoms with E-state index in [1.54, 1.807) is 13.1 Å². The Kier molecular flexibility index (Phi) is 3.73. The molecule has 0 saturated carbocycles. The van der Waals surface area contributed by atoms with E-state index in [1.807, 2.05) is 0 Å². The van der Waals surface area contributed by atoms with Gasteiger partial charge in [0.1, 0.15) is 35.3 Å². The molecule has 22 heavy (non-hydrogen) atoms. The summed E-state index contributed by atoms with van der Waals surface area (Å²) in [6.07, 6.45) is 1.36. The van der Waals surface area contributed by atoms with E-state index in [2.05, 4.69) is 30.5 Å². The van der Waals surface area contributed by atoms with Crippen LogP contribution in [0.15, 0.2) is 30.6 Å². The summed E-state index contributed by atoms with van der Waals surface area (Å²) in [6, 6.07) is 5.41. The first kappa shape index (κ1) is 14.1. The van der Waals surface area contributed by atoms with Gasteiger partial charge in [0, 0.05) is 25.1 Å². The number of halogens is 2. The Labute approximate surface area is 124 Å². The minimum atomic E-state index is -0.613. The van der Waals surface area contributed by atoms with E-state index in [4.69, 9.17) is 0 Å². The first-order valence-electron chi connectivity index (χ1n) is 6.51. The van der Waals surface area contributed by atoms with Crippen LogP contribution in [0.5, 0.6) is 0 Å². The van der Waals surface area contributed by atoms with Gasteiger partial charge in [-0.1, -0.05) is 6.07 Å². The summed E-state index contributed by atoms with van der Waals surface area (Å²) < 4.78 is 27.3. The molecule has 6 nitrogen and oxygen atoms in total. The number of benzene rings is 1. The number of nitrogens with zero attached hydrogens (tertiary/aromatic N) is 4. The van der Waals surface area contributed by atoms with Gasteiger partial charge in [0.2, 0.25) is 0 Å². The van der Waals surface area contributed by atoms with Gasteiger partial charge in [-0.25, -0.2) is 23.7 Å². The predicted molar refractivity (Wildman–Crippen MR) is 76.1 cm³/mol. The van der Waals surface area contributed by atoms with Gasteiger partial charge >= 0.3 is 0 Å². The minimum Gasteiger partial charge on any atom is -0.373 e. The van der Waals surface area contributed by atoms with Crippen molar-refractivity contribution in [3.63, 3.8) is 0 Å². The van der Waals surface area contributed by atoms with E-state index in [-0.39, 0.29) is 12.0 Å². The molecule has 112 valence electrons. The quantitative estimate of drug-likeness (QED) is 0.772. The third kappa shape index (κ3) is 2.76. The number of rotatable bonds is 4. The third-order valence-electron chi connectivity index (χ3n) is 3.09. The molecule has 0 aliphatic carbocycles. The van der Waals surface area contributed by atoms with Gasteiger partial charge in [-0.2, -0.15) is 5.10 Å². The van der Waals surface area contributed by atoms with E-state index in [9.17, 15) is 8.78 Å². The fraction of sp³-hybridized carbons (Fsp3) is 0.143. The maximum Gasteiger partial charge on any atom is 0.199 e. The van der Waals surface area contributed by atoms with Crippen molar-refractivity contribution >= 4 is 5.82 Å². The van der Waals surface area contributed by atoms with Gasteiger partial charge in [-0.15, -0.1) is 0 Å². The highest BCUT2D eigenvalue weighted by Gasteiger charge is 2.13. The second-order valence-corrected chi connectivity index (χ2v) is 4.52. The number of hydrogen-bond donors (Lipinski definition) is 2. The number of nitrogens with one attached hydrogen (secondary N) is 2. The number of aromatic amines is 1. The zero-order valence-electron chi connectivity index (χ0n) is 11.6. The van der Waals surface area contributed by atoms with Crippen LogP contribution in [-0.4, -0.2) is 32.2 Å². The largest absolute Gasteiger partial charge is 0.373 e. The van der Waals surface area contributed by atoms with Gasteiger partial charge in [-0.3, -0.25) is 5.10 Å². The van der Waals surface area contributed by atoms with Crippen molar-refractivity contribution in [1.82, 2.24) is 25.1 Å². The molecule has 0 radical (unpaired) electrons. The second-order valence-electron chi connectivity index (χ2n) is 4.52. The minimum absolute atomic E-state index is 0.0184. The molecule has 2 N–H and O–H groups in total. The van der Waals surface area contributed by atoms with Crippen LogP contribution in [0.3, 0.4) is 0 Å². The highest BCUT2D eigenvalue weighted by atomic mass is 19.1. The zero-order chi connectivity index (χ0) is 15.5. The molecule has 0 amide bonds. The molecule has 0 fully saturated rings. The maximum absolute atomic E-state index is 13.6. The summed E-state index contributed by atoms with van der Waals surface area (Å²) in [6.45, 7) is 0. The van der Waals surface area contributed by atoms with Crippen LogP contribution in [0.25, 0.3) is 11.5 Å². The Morgan fingerprint density at radius 1 is 1.18 bits per heavy atom. The van der Waals surface area contributed by atoms with Gasteiger partial charge in [-0.05, 0) is 12.1 Å². The summed E-state index contributed by atoms with van der Waals surface area (Å²) in [4.78, 5) is 12.3. The Hall–Kier alpha value is -2.90. The van der Waals surface area contributed by atoms with E-state index in [0.717, 1.165) is 0 Å². The highest BCUT2D eigenvalue weighted by molar-refractivity contribution is 5.53. The lowest BCUT2D eigenvalue weighted by molar-refractivity contribution is 0.559. The fourth-order valence-electron chi connectivity index (χ4n) is 1.97. The average molecular weight is 302 g/mol. The van der Waals surface area contributed by atoms with E-state index >= 15 is 0 Å². The number of anilines is 1. The molecule has 1 aromatic carbocycles. The van der Waals surface area contributed by atoms with E-state index in [0.29, 0.717) is 23.2 Å². The normalized spacial score (nSPS) is 10.7. The van der Waals surface area contributed by atoms with Crippen molar-refractivity contribution in [2.45, 2.75) is 6.42 Å². The third-order valence-corrected chi connectivity index (χ3v) is 3.09. The zero-order valence-corrected chi connectivity index (χ0v) is 11.6. The van der Waals surface area contributed by atoms with Crippen LogP contribution in [0.1, 0.15) is 11.4 Å². The smallest absolute Gasteiger partial charge is 0.199 e. The van der Waals surface area contributed by atoms with Crippen LogP contribution in [0.4, 0.5) is 14.6 Å². The summed E-state index contributed by atoms with van der Waals surface area (Å²) >= 11 is 0. The fourth-order valence-corrected chi connectivity index (χ4v) is 1.97. The number of hydrogen-bond acceptors (Lipinski definition) is 5. The first-order chi connectivity index (χ1) is 10.7. The molecule has 0 aliphatic heterocycles. The Balaban J connectivity index is 1.88. The number of H-pyrrole nitrogens is 1. The average Bonchev–Trinajstić information content (AvgIpc) is 3.00. The molecule has 3 rings (SSSR count). The molecule has 2 heterocycles. The topological polar surface area (TPSA) is 79.4 Å². The van der Waals surface area contributed by atoms with E-state index in [1.165, 1.54) is 24.5 Å². The molecule has 8 heteroatoms. The van der Waals surface area contributed by atoms with Gasteiger partial charge in [0.15, 0.2) is 5.82 Å². The molecule has 3 aromatic rings. The lowest BCUT2D eigenvalue weighted by Crippen LogP contribution is -1.98. The standard InChI is InChI=1S/C14H12F2N6/c1-17-12-6-11(18-7-19-12)14-20-13(21-22-14)5-8-9(15)3-2-4-10(8)16/h2-4,6-7H,5H2,1H3,(H,17,18,19)(H,20,21,22). The van der Waals surface area contributed by atoms with Crippen LogP contribution < -0.4 is 5.32 Å². The molecule has 0 bridgehead atoms. The Bertz CT molecular complexity index is 781. The van der Waals surface area contributed by atoms with Crippen molar-refractivity contribution in [2.24, 2.45) is 0 Å². The molecule has 0 unspecified atom stereocenters. The van der Waals surface area contributed by atoms with E-state index < -0.39 is 11.6 Å². The Morgan fingerprint density at radius 3 is 2.68 bits per heavy atom. The summed E-state index contributed by atoms with van der Waals surface area (Å²) in [5.74, 6) is 0.0840. The molecule has 0 saturated heterocycles. The van der Waals surface area contributed by atoms with Crippen LogP contribution in [0.2, 0.25) is 0 Å². The summed E-state index contributed by atoms with van der Waals surface area (Å²) in [5, 5.41) is 9.57. The van der Waals surface area contributed by atoms with Crippen molar-refractivity contribution in [2.75, 3.05) is 12.4 Å². The van der Waals surface area contributed by atoms with Gasteiger partial charge in [0.25, 0.3) is 0 Å². The van der Waals surface area contributed by atoms with Gasteiger partial charge in [0.05, 0.1) is 0 Å².